The third-order valence-electron chi connectivity index (χ3n) is 7.61. The number of anilines is 3. The van der Waals surface area contributed by atoms with Crippen molar-refractivity contribution in [3.8, 4) is 0 Å². The Morgan fingerprint density at radius 1 is 1.12 bits per heavy atom. The lowest BCUT2D eigenvalue weighted by Crippen LogP contribution is -2.55. The van der Waals surface area contributed by atoms with E-state index in [1.807, 2.05) is 0 Å². The molecule has 214 valence electrons. The topological polar surface area (TPSA) is 134 Å². The van der Waals surface area contributed by atoms with Gasteiger partial charge in [-0.2, -0.15) is 0 Å². The van der Waals surface area contributed by atoms with E-state index in [4.69, 9.17) is 4.74 Å². The molecule has 0 bridgehead atoms. The highest BCUT2D eigenvalue weighted by atomic mass is 19.1. The molecule has 4 heterocycles. The lowest BCUT2D eigenvalue weighted by Gasteiger charge is -2.41. The number of aromatic nitrogens is 2. The number of cyclic esters (lactones) is 1. The van der Waals surface area contributed by atoms with Crippen molar-refractivity contribution >= 4 is 46.1 Å². The molecule has 1 saturated carbocycles. The van der Waals surface area contributed by atoms with Crippen LogP contribution in [0.25, 0.3) is 11.0 Å². The molecule has 2 aliphatic heterocycles. The van der Waals surface area contributed by atoms with Crippen molar-refractivity contribution in [1.29, 1.82) is 0 Å². The Bertz CT molecular complexity index is 1650. The van der Waals surface area contributed by atoms with Crippen molar-refractivity contribution in [2.75, 3.05) is 34.8 Å². The smallest absolute Gasteiger partial charge is 0.414 e. The summed E-state index contributed by atoms with van der Waals surface area (Å²) in [6, 6.07) is 5.18. The summed E-state index contributed by atoms with van der Waals surface area (Å²) in [5.74, 6) is -2.65. The van der Waals surface area contributed by atoms with Crippen molar-refractivity contribution in [3.63, 3.8) is 0 Å². The van der Waals surface area contributed by atoms with Gasteiger partial charge in [-0.25, -0.2) is 23.4 Å². The minimum absolute atomic E-state index is 0.00231. The van der Waals surface area contributed by atoms with Crippen LogP contribution in [-0.2, 0) is 9.53 Å². The van der Waals surface area contributed by atoms with Gasteiger partial charge in [0.15, 0.2) is 11.6 Å². The van der Waals surface area contributed by atoms with Crippen molar-refractivity contribution in [1.82, 2.24) is 9.55 Å². The molecule has 2 aromatic heterocycles. The number of nitrogens with one attached hydrogen (secondary N) is 1. The number of carbonyl (C=O) groups is 3. The van der Waals surface area contributed by atoms with E-state index >= 15 is 4.39 Å². The SMILES string of the molecule is CC(=O)CC[C@@H]1CN(c2ccc(NC3CN(c4nc5c(cc4F)c(=O)c(C(=O)O)cn5C4CC4)C3)c(F)c2)C(=O)O1. The van der Waals surface area contributed by atoms with Crippen LogP contribution < -0.4 is 20.5 Å². The van der Waals surface area contributed by atoms with E-state index in [-0.39, 0.29) is 47.0 Å². The van der Waals surface area contributed by atoms with E-state index < -0.39 is 40.8 Å². The summed E-state index contributed by atoms with van der Waals surface area (Å²) < 4.78 is 37.0. The Morgan fingerprint density at radius 2 is 1.88 bits per heavy atom. The van der Waals surface area contributed by atoms with Gasteiger partial charge in [-0.15, -0.1) is 0 Å². The van der Waals surface area contributed by atoms with Crippen LogP contribution in [0.2, 0.25) is 0 Å². The molecule has 13 heteroatoms. The number of benzene rings is 1. The molecule has 3 aliphatic rings. The molecule has 1 atom stereocenters. The number of halogens is 2. The fourth-order valence-corrected chi connectivity index (χ4v) is 5.24. The lowest BCUT2D eigenvalue weighted by atomic mass is 10.1. The standard InChI is InChI=1S/C28H27F2N5O6/c1-14(36)2-6-18-12-35(28(40)41-18)17-5-7-23(21(29)8-17)31-15-10-33(11-15)26-22(30)9-19-24(37)20(27(38)39)13-34(16-3-4-16)25(19)32-26/h5,7-9,13,15-16,18,31H,2-4,6,10-12H2,1H3,(H,38,39)/t18-/m1/s1. The van der Waals surface area contributed by atoms with E-state index in [9.17, 15) is 28.7 Å². The summed E-state index contributed by atoms with van der Waals surface area (Å²) in [4.78, 5) is 55.1. The Morgan fingerprint density at radius 3 is 2.54 bits per heavy atom. The van der Waals surface area contributed by atoms with Crippen molar-refractivity contribution in [2.24, 2.45) is 0 Å². The van der Waals surface area contributed by atoms with Crippen LogP contribution in [0.15, 0.2) is 35.3 Å². The van der Waals surface area contributed by atoms with Crippen LogP contribution >= 0.6 is 0 Å². The van der Waals surface area contributed by atoms with Crippen LogP contribution in [0.1, 0.15) is 49.0 Å². The summed E-state index contributed by atoms with van der Waals surface area (Å²) in [7, 11) is 0. The Kier molecular flexibility index (Phi) is 6.59. The second kappa shape index (κ2) is 10.1. The first-order valence-electron chi connectivity index (χ1n) is 13.4. The van der Waals surface area contributed by atoms with Gasteiger partial charge < -0.3 is 29.4 Å². The average molecular weight is 568 g/mol. The largest absolute Gasteiger partial charge is 0.477 e. The zero-order valence-electron chi connectivity index (χ0n) is 22.1. The second-order valence-electron chi connectivity index (χ2n) is 10.7. The Labute approximate surface area is 232 Å². The molecule has 6 rings (SSSR count). The van der Waals surface area contributed by atoms with Crippen molar-refractivity contribution in [2.45, 2.75) is 50.8 Å². The molecule has 1 aliphatic carbocycles. The number of carboxylic acid groups (broad SMARTS) is 1. The summed E-state index contributed by atoms with van der Waals surface area (Å²) in [5.41, 5.74) is -0.406. The molecule has 41 heavy (non-hydrogen) atoms. The number of aromatic carboxylic acids is 1. The zero-order valence-corrected chi connectivity index (χ0v) is 22.1. The highest BCUT2D eigenvalue weighted by molar-refractivity contribution is 5.92. The normalized spacial score (nSPS) is 18.9. The van der Waals surface area contributed by atoms with Crippen LogP contribution in [0.5, 0.6) is 0 Å². The Balaban J connectivity index is 1.14. The first-order chi connectivity index (χ1) is 19.6. The minimum atomic E-state index is -1.37. The van der Waals surface area contributed by atoms with Gasteiger partial charge in [0.25, 0.3) is 0 Å². The van der Waals surface area contributed by atoms with Gasteiger partial charge >= 0.3 is 12.1 Å². The van der Waals surface area contributed by atoms with E-state index in [0.717, 1.165) is 18.9 Å². The molecule has 1 aromatic carbocycles. The number of ketones is 1. The summed E-state index contributed by atoms with van der Waals surface area (Å²) >= 11 is 0. The number of hydrogen-bond acceptors (Lipinski definition) is 8. The molecule has 0 unspecified atom stereocenters. The quantitative estimate of drug-likeness (QED) is 0.397. The zero-order chi connectivity index (χ0) is 29.0. The first kappa shape index (κ1) is 26.7. The van der Waals surface area contributed by atoms with E-state index in [1.165, 1.54) is 30.2 Å². The molecule has 2 saturated heterocycles. The monoisotopic (exact) mass is 567 g/mol. The number of hydrogen-bond donors (Lipinski definition) is 2. The van der Waals surface area contributed by atoms with Crippen LogP contribution in [0.3, 0.4) is 0 Å². The number of amides is 1. The summed E-state index contributed by atoms with van der Waals surface area (Å²) in [6.07, 6.45) is 2.58. The van der Waals surface area contributed by atoms with Gasteiger partial charge in [0, 0.05) is 31.7 Å². The van der Waals surface area contributed by atoms with Crippen molar-refractivity contribution < 1.29 is 33.0 Å². The van der Waals surface area contributed by atoms with Gasteiger partial charge in [0.1, 0.15) is 28.9 Å². The van der Waals surface area contributed by atoms with Gasteiger partial charge in [-0.3, -0.25) is 9.69 Å². The van der Waals surface area contributed by atoms with Crippen molar-refractivity contribution in [3.05, 3.63) is 57.9 Å². The predicted molar refractivity (Wildman–Crippen MR) is 145 cm³/mol. The maximum atomic E-state index is 15.1. The molecular weight excluding hydrogens is 540 g/mol. The average Bonchev–Trinajstić information content (AvgIpc) is 3.67. The molecule has 3 fully saturated rings. The number of rotatable bonds is 9. The first-order valence-corrected chi connectivity index (χ1v) is 13.4. The molecule has 0 radical (unpaired) electrons. The van der Waals surface area contributed by atoms with E-state index in [2.05, 4.69) is 10.3 Å². The number of carbonyl (C=O) groups excluding carboxylic acids is 2. The minimum Gasteiger partial charge on any atom is -0.477 e. The van der Waals surface area contributed by atoms with E-state index in [1.54, 1.807) is 15.5 Å². The highest BCUT2D eigenvalue weighted by Crippen LogP contribution is 2.37. The Hall–Kier alpha value is -4.55. The molecule has 1 amide bonds. The van der Waals surface area contributed by atoms with Crippen LogP contribution in [-0.4, -0.2) is 64.3 Å². The van der Waals surface area contributed by atoms with Gasteiger partial charge in [-0.1, -0.05) is 0 Å². The number of ether oxygens (including phenoxy) is 1. The number of carboxylic acids is 1. The molecular formula is C28H27F2N5O6. The predicted octanol–water partition coefficient (Wildman–Crippen LogP) is 3.70. The molecule has 2 N–H and O–H groups in total. The molecule has 3 aromatic rings. The van der Waals surface area contributed by atoms with Gasteiger partial charge in [0.2, 0.25) is 5.43 Å². The maximum Gasteiger partial charge on any atom is 0.414 e. The van der Waals surface area contributed by atoms with Gasteiger partial charge in [-0.05, 0) is 50.5 Å². The van der Waals surface area contributed by atoms with E-state index in [0.29, 0.717) is 31.6 Å². The second-order valence-corrected chi connectivity index (χ2v) is 10.7. The summed E-state index contributed by atoms with van der Waals surface area (Å²) in [5, 5.41) is 12.4. The maximum absolute atomic E-state index is 15.1. The van der Waals surface area contributed by atoms with Crippen LogP contribution in [0, 0.1) is 11.6 Å². The third kappa shape index (κ3) is 5.07. The number of pyridine rings is 2. The fourth-order valence-electron chi connectivity index (χ4n) is 5.24. The number of nitrogens with zero attached hydrogens (tertiary/aromatic N) is 4. The van der Waals surface area contributed by atoms with Gasteiger partial charge in [0.05, 0.1) is 29.3 Å². The summed E-state index contributed by atoms with van der Waals surface area (Å²) in [6.45, 7) is 2.32. The molecule has 0 spiro atoms. The highest BCUT2D eigenvalue weighted by Gasteiger charge is 2.35. The fraction of sp³-hybridized carbons (Fsp3) is 0.393. The van der Waals surface area contributed by atoms with Crippen LogP contribution in [0.4, 0.5) is 30.8 Å². The molecule has 11 nitrogen and oxygen atoms in total. The number of fused-ring (bicyclic) bond motifs is 1. The lowest BCUT2D eigenvalue weighted by molar-refractivity contribution is -0.117. The third-order valence-corrected chi connectivity index (χ3v) is 7.61. The number of Topliss-reactive ketones (excluding diaryl/α,β-unsaturated/α-hetero) is 1.